The standard InChI is InChI=1S/C21H27N3O3/c1-5-15(3)19(20(25)23-18-12-14(2)11-16(4)22-18)24-21(26)27-13-17-9-7-6-8-10-17/h6-12,15,19H,5,13H2,1-4H3,(H,24,26)(H,22,23,25)/t15-,19-/m0/s1. The highest BCUT2D eigenvalue weighted by molar-refractivity contribution is 5.96. The Morgan fingerprint density at radius 2 is 1.85 bits per heavy atom. The van der Waals surface area contributed by atoms with Gasteiger partial charge in [-0.3, -0.25) is 4.79 Å². The molecular weight excluding hydrogens is 342 g/mol. The van der Waals surface area contributed by atoms with E-state index < -0.39 is 12.1 Å². The van der Waals surface area contributed by atoms with Crippen molar-refractivity contribution in [2.45, 2.75) is 46.8 Å². The molecule has 0 aliphatic carbocycles. The number of amides is 2. The Balaban J connectivity index is 2.00. The summed E-state index contributed by atoms with van der Waals surface area (Å²) in [5.74, 6) is 0.115. The minimum atomic E-state index is -0.708. The van der Waals surface area contributed by atoms with E-state index in [1.165, 1.54) is 0 Å². The first kappa shape index (κ1) is 20.4. The van der Waals surface area contributed by atoms with Crippen molar-refractivity contribution in [2.75, 3.05) is 5.32 Å². The van der Waals surface area contributed by atoms with Crippen LogP contribution in [0.1, 0.15) is 37.1 Å². The molecule has 2 atom stereocenters. The van der Waals surface area contributed by atoms with Gasteiger partial charge in [0, 0.05) is 5.69 Å². The van der Waals surface area contributed by atoms with Crippen LogP contribution >= 0.6 is 0 Å². The number of alkyl carbamates (subject to hydrolysis) is 1. The number of rotatable bonds is 7. The lowest BCUT2D eigenvalue weighted by Gasteiger charge is -2.23. The number of benzene rings is 1. The molecule has 144 valence electrons. The average Bonchev–Trinajstić information content (AvgIpc) is 2.63. The Bertz CT molecular complexity index is 757. The van der Waals surface area contributed by atoms with Crippen LogP contribution in [0.5, 0.6) is 0 Å². The number of carbonyl (C=O) groups is 2. The molecule has 2 aromatic rings. The molecule has 0 bridgehead atoms. The summed E-state index contributed by atoms with van der Waals surface area (Å²) in [5, 5.41) is 5.48. The van der Waals surface area contributed by atoms with Crippen molar-refractivity contribution in [3.63, 3.8) is 0 Å². The van der Waals surface area contributed by atoms with E-state index in [0.717, 1.165) is 23.2 Å². The van der Waals surface area contributed by atoms with Gasteiger partial charge in [0.05, 0.1) is 0 Å². The number of aromatic nitrogens is 1. The van der Waals surface area contributed by atoms with Gasteiger partial charge < -0.3 is 15.4 Å². The molecule has 0 spiro atoms. The highest BCUT2D eigenvalue weighted by Gasteiger charge is 2.27. The van der Waals surface area contributed by atoms with E-state index >= 15 is 0 Å². The molecule has 0 aliphatic heterocycles. The number of aryl methyl sites for hydroxylation is 2. The maximum atomic E-state index is 12.7. The van der Waals surface area contributed by atoms with Gasteiger partial charge >= 0.3 is 6.09 Å². The molecule has 27 heavy (non-hydrogen) atoms. The van der Waals surface area contributed by atoms with Gasteiger partial charge in [0.15, 0.2) is 0 Å². The first-order chi connectivity index (χ1) is 12.9. The molecule has 0 radical (unpaired) electrons. The van der Waals surface area contributed by atoms with E-state index in [0.29, 0.717) is 5.82 Å². The van der Waals surface area contributed by atoms with Gasteiger partial charge in [0.1, 0.15) is 18.5 Å². The fourth-order valence-electron chi connectivity index (χ4n) is 2.70. The Kier molecular flexibility index (Phi) is 7.34. The zero-order chi connectivity index (χ0) is 19.8. The van der Waals surface area contributed by atoms with Crippen molar-refractivity contribution < 1.29 is 14.3 Å². The third-order valence-electron chi connectivity index (χ3n) is 4.33. The van der Waals surface area contributed by atoms with Crippen LogP contribution in [0.15, 0.2) is 42.5 Å². The number of carbonyl (C=O) groups excluding carboxylic acids is 2. The van der Waals surface area contributed by atoms with Crippen molar-refractivity contribution in [1.82, 2.24) is 10.3 Å². The third kappa shape index (κ3) is 6.40. The minimum Gasteiger partial charge on any atom is -0.445 e. The van der Waals surface area contributed by atoms with Crippen molar-refractivity contribution >= 4 is 17.8 Å². The first-order valence-electron chi connectivity index (χ1n) is 9.12. The van der Waals surface area contributed by atoms with Crippen molar-refractivity contribution in [2.24, 2.45) is 5.92 Å². The maximum Gasteiger partial charge on any atom is 0.408 e. The first-order valence-corrected chi connectivity index (χ1v) is 9.12. The van der Waals surface area contributed by atoms with Gasteiger partial charge in [-0.2, -0.15) is 0 Å². The minimum absolute atomic E-state index is 0.0554. The maximum absolute atomic E-state index is 12.7. The molecule has 2 amide bonds. The van der Waals surface area contributed by atoms with E-state index in [1.54, 1.807) is 6.07 Å². The number of nitrogens with one attached hydrogen (secondary N) is 2. The number of nitrogens with zero attached hydrogens (tertiary/aromatic N) is 1. The molecule has 0 unspecified atom stereocenters. The van der Waals surface area contributed by atoms with E-state index in [9.17, 15) is 9.59 Å². The summed E-state index contributed by atoms with van der Waals surface area (Å²) in [7, 11) is 0. The van der Waals surface area contributed by atoms with Gasteiger partial charge in [0.25, 0.3) is 0 Å². The number of ether oxygens (including phenoxy) is 1. The summed E-state index contributed by atoms with van der Waals surface area (Å²) in [4.78, 5) is 29.2. The molecule has 0 fully saturated rings. The normalized spacial score (nSPS) is 12.7. The summed E-state index contributed by atoms with van der Waals surface area (Å²) in [6.07, 6.45) is 0.116. The second kappa shape index (κ2) is 9.71. The lowest BCUT2D eigenvalue weighted by atomic mass is 9.98. The number of hydrogen-bond donors (Lipinski definition) is 2. The molecule has 1 aromatic carbocycles. The van der Waals surface area contributed by atoms with Gasteiger partial charge in [-0.15, -0.1) is 0 Å². The lowest BCUT2D eigenvalue weighted by Crippen LogP contribution is -2.48. The Morgan fingerprint density at radius 1 is 1.15 bits per heavy atom. The van der Waals surface area contributed by atoms with E-state index in [1.807, 2.05) is 64.1 Å². The van der Waals surface area contributed by atoms with E-state index in [-0.39, 0.29) is 18.4 Å². The molecular formula is C21H27N3O3. The van der Waals surface area contributed by atoms with Crippen LogP contribution in [-0.2, 0) is 16.1 Å². The molecule has 6 heteroatoms. The molecule has 0 aliphatic rings. The third-order valence-corrected chi connectivity index (χ3v) is 4.33. The van der Waals surface area contributed by atoms with Crippen LogP contribution in [0.25, 0.3) is 0 Å². The number of pyridine rings is 1. The predicted molar refractivity (Wildman–Crippen MR) is 105 cm³/mol. The fraction of sp³-hybridized carbons (Fsp3) is 0.381. The Hall–Kier alpha value is -2.89. The highest BCUT2D eigenvalue weighted by Crippen LogP contribution is 2.13. The molecule has 2 rings (SSSR count). The van der Waals surface area contributed by atoms with Gasteiger partial charge in [-0.25, -0.2) is 9.78 Å². The SMILES string of the molecule is CC[C@H](C)[C@H](NC(=O)OCc1ccccc1)C(=O)Nc1cc(C)cc(C)n1. The van der Waals surface area contributed by atoms with Crippen LogP contribution < -0.4 is 10.6 Å². The number of hydrogen-bond acceptors (Lipinski definition) is 4. The molecule has 1 heterocycles. The van der Waals surface area contributed by atoms with Gasteiger partial charge in [-0.1, -0.05) is 50.6 Å². The summed E-state index contributed by atoms with van der Waals surface area (Å²) in [6.45, 7) is 7.84. The van der Waals surface area contributed by atoms with Crippen LogP contribution in [-0.4, -0.2) is 23.0 Å². The molecule has 0 saturated carbocycles. The van der Waals surface area contributed by atoms with E-state index in [2.05, 4.69) is 15.6 Å². The molecule has 2 N–H and O–H groups in total. The lowest BCUT2D eigenvalue weighted by molar-refractivity contribution is -0.119. The highest BCUT2D eigenvalue weighted by atomic mass is 16.5. The van der Waals surface area contributed by atoms with Crippen LogP contribution in [0.2, 0.25) is 0 Å². The topological polar surface area (TPSA) is 80.3 Å². The smallest absolute Gasteiger partial charge is 0.408 e. The Labute approximate surface area is 160 Å². The van der Waals surface area contributed by atoms with E-state index in [4.69, 9.17) is 4.74 Å². The second-order valence-electron chi connectivity index (χ2n) is 6.73. The monoisotopic (exact) mass is 369 g/mol. The average molecular weight is 369 g/mol. The van der Waals surface area contributed by atoms with Crippen molar-refractivity contribution in [1.29, 1.82) is 0 Å². The Morgan fingerprint density at radius 3 is 2.48 bits per heavy atom. The fourth-order valence-corrected chi connectivity index (χ4v) is 2.70. The molecule has 0 saturated heterocycles. The van der Waals surface area contributed by atoms with Gasteiger partial charge in [-0.05, 0) is 43.0 Å². The summed E-state index contributed by atoms with van der Waals surface area (Å²) >= 11 is 0. The second-order valence-corrected chi connectivity index (χ2v) is 6.73. The summed E-state index contributed by atoms with van der Waals surface area (Å²) in [5.41, 5.74) is 2.71. The summed E-state index contributed by atoms with van der Waals surface area (Å²) in [6, 6.07) is 12.4. The van der Waals surface area contributed by atoms with Crippen molar-refractivity contribution in [3.8, 4) is 0 Å². The number of anilines is 1. The van der Waals surface area contributed by atoms with Crippen LogP contribution in [0.3, 0.4) is 0 Å². The quantitative estimate of drug-likeness (QED) is 0.774. The van der Waals surface area contributed by atoms with Gasteiger partial charge in [0.2, 0.25) is 5.91 Å². The molecule has 6 nitrogen and oxygen atoms in total. The summed E-state index contributed by atoms with van der Waals surface area (Å²) < 4.78 is 5.25. The van der Waals surface area contributed by atoms with Crippen LogP contribution in [0, 0.1) is 19.8 Å². The van der Waals surface area contributed by atoms with Crippen LogP contribution in [0.4, 0.5) is 10.6 Å². The zero-order valence-corrected chi connectivity index (χ0v) is 16.3. The largest absolute Gasteiger partial charge is 0.445 e. The van der Waals surface area contributed by atoms with Crippen molar-refractivity contribution in [3.05, 3.63) is 59.3 Å². The molecule has 1 aromatic heterocycles. The zero-order valence-electron chi connectivity index (χ0n) is 16.3. The predicted octanol–water partition coefficient (Wildman–Crippen LogP) is 3.98.